The van der Waals surface area contributed by atoms with Crippen LogP contribution in [0.2, 0.25) is 0 Å². The molecule has 0 bridgehead atoms. The van der Waals surface area contributed by atoms with E-state index in [2.05, 4.69) is 20.0 Å². The van der Waals surface area contributed by atoms with E-state index in [0.717, 1.165) is 18.1 Å². The van der Waals surface area contributed by atoms with Crippen LogP contribution in [0.3, 0.4) is 0 Å². The van der Waals surface area contributed by atoms with Crippen molar-refractivity contribution < 1.29 is 17.8 Å². The Balaban J connectivity index is 1.15. The van der Waals surface area contributed by atoms with Gasteiger partial charge in [0.15, 0.2) is 22.1 Å². The quantitative estimate of drug-likeness (QED) is 0.336. The highest BCUT2D eigenvalue weighted by Crippen LogP contribution is 2.28. The summed E-state index contributed by atoms with van der Waals surface area (Å²) in [6.45, 7) is 3.91. The molecule has 1 fully saturated rings. The van der Waals surface area contributed by atoms with Crippen molar-refractivity contribution in [2.45, 2.75) is 11.4 Å². The van der Waals surface area contributed by atoms with Gasteiger partial charge in [-0.1, -0.05) is 0 Å². The van der Waals surface area contributed by atoms with E-state index < -0.39 is 22.8 Å². The summed E-state index contributed by atoms with van der Waals surface area (Å²) in [5.41, 5.74) is 9.24. The van der Waals surface area contributed by atoms with E-state index in [1.165, 1.54) is 12.3 Å². The van der Waals surface area contributed by atoms with Crippen LogP contribution in [0.5, 0.6) is 0 Å². The molecule has 10 nitrogen and oxygen atoms in total. The smallest absolute Gasteiger partial charge is 0.223 e. The van der Waals surface area contributed by atoms with E-state index in [9.17, 15) is 13.3 Å². The molecule has 0 saturated carbocycles. The number of benzene rings is 1. The summed E-state index contributed by atoms with van der Waals surface area (Å²) in [6.07, 6.45) is 4.72. The van der Waals surface area contributed by atoms with Gasteiger partial charge in [0.25, 0.3) is 0 Å². The van der Waals surface area contributed by atoms with Gasteiger partial charge >= 0.3 is 0 Å². The fourth-order valence-corrected chi connectivity index (χ4v) is 5.32. The Morgan fingerprint density at radius 3 is 2.65 bits per heavy atom. The molecule has 6 rings (SSSR count). The third-order valence-electron chi connectivity index (χ3n) is 6.65. The molecule has 0 amide bonds. The van der Waals surface area contributed by atoms with Gasteiger partial charge in [-0.05, 0) is 29.4 Å². The molecular weight excluding hydrogens is 502 g/mol. The minimum atomic E-state index is -1.53. The van der Waals surface area contributed by atoms with Crippen molar-refractivity contribution in [2.75, 3.05) is 49.6 Å². The van der Waals surface area contributed by atoms with Crippen LogP contribution in [0.1, 0.15) is 0 Å². The van der Waals surface area contributed by atoms with Crippen molar-refractivity contribution in [3.63, 3.8) is 0 Å². The zero-order valence-corrected chi connectivity index (χ0v) is 20.8. The first-order valence-corrected chi connectivity index (χ1v) is 13.3. The van der Waals surface area contributed by atoms with Gasteiger partial charge < -0.3 is 24.2 Å². The largest absolute Gasteiger partial charge is 0.612 e. The Bertz CT molecular complexity index is 1580. The van der Waals surface area contributed by atoms with Gasteiger partial charge in [0.2, 0.25) is 5.95 Å². The lowest BCUT2D eigenvalue weighted by molar-refractivity contribution is 0.248. The summed E-state index contributed by atoms with van der Waals surface area (Å²) in [6, 6.07) is 7.68. The molecule has 1 aliphatic rings. The number of furan rings is 1. The highest BCUT2D eigenvalue weighted by atomic mass is 32.2. The van der Waals surface area contributed by atoms with Gasteiger partial charge in [0.05, 0.1) is 18.3 Å². The number of halogens is 2. The maximum Gasteiger partial charge on any atom is 0.223 e. The second kappa shape index (κ2) is 9.32. The molecule has 1 aliphatic heterocycles. The van der Waals surface area contributed by atoms with Crippen LogP contribution in [0, 0.1) is 11.6 Å². The maximum absolute atomic E-state index is 14.4. The van der Waals surface area contributed by atoms with Crippen molar-refractivity contribution >= 4 is 39.5 Å². The third kappa shape index (κ3) is 4.28. The van der Waals surface area contributed by atoms with Crippen LogP contribution in [-0.2, 0) is 17.7 Å². The minimum Gasteiger partial charge on any atom is -0.612 e. The first kappa shape index (κ1) is 23.7. The summed E-state index contributed by atoms with van der Waals surface area (Å²) < 4.78 is 49.2. The molecule has 5 aromatic rings. The summed E-state index contributed by atoms with van der Waals surface area (Å²) in [7, 11) is 0. The molecule has 192 valence electrons. The van der Waals surface area contributed by atoms with E-state index in [0.29, 0.717) is 55.3 Å². The van der Waals surface area contributed by atoms with Crippen molar-refractivity contribution in [1.29, 1.82) is 0 Å². The highest BCUT2D eigenvalue weighted by Gasteiger charge is 2.24. The number of piperazine rings is 1. The summed E-state index contributed by atoms with van der Waals surface area (Å²) in [4.78, 5) is 13.2. The van der Waals surface area contributed by atoms with Crippen LogP contribution in [-0.4, -0.2) is 72.6 Å². The molecule has 5 heterocycles. The van der Waals surface area contributed by atoms with Crippen LogP contribution < -0.4 is 10.6 Å². The van der Waals surface area contributed by atoms with Crippen LogP contribution in [0.4, 0.5) is 20.4 Å². The number of anilines is 2. The molecule has 0 aliphatic carbocycles. The van der Waals surface area contributed by atoms with Gasteiger partial charge in [-0.3, -0.25) is 4.90 Å². The van der Waals surface area contributed by atoms with Crippen LogP contribution in [0.25, 0.3) is 28.1 Å². The number of aromatic nitrogens is 5. The highest BCUT2D eigenvalue weighted by molar-refractivity contribution is 7.90. The molecule has 0 spiro atoms. The lowest BCUT2D eigenvalue weighted by Gasteiger charge is -2.36. The molecular formula is C24H24F2N8O2S. The van der Waals surface area contributed by atoms with Crippen molar-refractivity contribution in [1.82, 2.24) is 29.0 Å². The number of nitrogens with zero attached hydrogens (tertiary/aromatic N) is 7. The fraction of sp³-hybridized carbons (Fsp3) is 0.292. The molecule has 2 N–H and O–H groups in total. The second-order valence-electron chi connectivity index (χ2n) is 8.90. The minimum absolute atomic E-state index is 0.0150. The Hall–Kier alpha value is -3.68. The Morgan fingerprint density at radius 2 is 1.92 bits per heavy atom. The summed E-state index contributed by atoms with van der Waals surface area (Å²) >= 11 is -1.53. The Kier molecular flexibility index (Phi) is 5.97. The molecule has 1 atom stereocenters. The monoisotopic (exact) mass is 526 g/mol. The van der Waals surface area contributed by atoms with Crippen LogP contribution >= 0.6 is 0 Å². The second-order valence-corrected chi connectivity index (χ2v) is 10.2. The molecule has 0 unspecified atom stereocenters. The van der Waals surface area contributed by atoms with E-state index in [1.807, 2.05) is 21.6 Å². The maximum atomic E-state index is 14.4. The number of rotatable bonds is 6. The first-order chi connectivity index (χ1) is 17.9. The van der Waals surface area contributed by atoms with Gasteiger partial charge in [-0.2, -0.15) is 14.6 Å². The van der Waals surface area contributed by atoms with E-state index >= 15 is 0 Å². The molecule has 1 aromatic carbocycles. The lowest BCUT2D eigenvalue weighted by Crippen LogP contribution is -2.47. The Labute approximate surface area is 213 Å². The van der Waals surface area contributed by atoms with E-state index in [-0.39, 0.29) is 16.5 Å². The zero-order valence-electron chi connectivity index (χ0n) is 20.0. The SMILES string of the molecule is C[S@@+]([O-])c1cc(N2CCN(CCn3cnc4c3nc(N)n3nc(-c5ccco5)cc43)CC2)c(F)cc1F. The third-order valence-corrected chi connectivity index (χ3v) is 7.59. The zero-order chi connectivity index (χ0) is 25.7. The number of imidazole rings is 1. The number of nitrogen functional groups attached to an aromatic ring is 1. The summed E-state index contributed by atoms with van der Waals surface area (Å²) in [5.74, 6) is -0.540. The van der Waals surface area contributed by atoms with Crippen LogP contribution in [0.15, 0.2) is 52.2 Å². The van der Waals surface area contributed by atoms with Crippen molar-refractivity contribution in [3.8, 4) is 11.5 Å². The fourth-order valence-electron chi connectivity index (χ4n) is 4.70. The standard InChI is InChI=1S/C24H24F2N8O2S/c1-37(35)21-13-18(15(25)11-16(21)26)32-7-4-31(5-8-32)6-9-33-14-28-22-19-12-17(20-3-2-10-36-20)30-34(19)24(27)29-23(22)33/h2-3,10-14H,4-9H2,1H3,(H2,27,29)/t37-/m1/s1. The number of nitrogens with two attached hydrogens (primary N) is 1. The number of hydrogen-bond acceptors (Lipinski definition) is 8. The number of fused-ring (bicyclic) bond motifs is 3. The van der Waals surface area contributed by atoms with Crippen molar-refractivity contribution in [2.24, 2.45) is 0 Å². The van der Waals surface area contributed by atoms with Gasteiger partial charge in [-0.15, -0.1) is 0 Å². The molecule has 1 saturated heterocycles. The first-order valence-electron chi connectivity index (χ1n) is 11.7. The van der Waals surface area contributed by atoms with Gasteiger partial charge in [0, 0.05) is 51.4 Å². The predicted octanol–water partition coefficient (Wildman–Crippen LogP) is 2.76. The van der Waals surface area contributed by atoms with Crippen molar-refractivity contribution in [3.05, 3.63) is 54.6 Å². The average Bonchev–Trinajstić information content (AvgIpc) is 3.63. The topological polar surface area (TPSA) is 117 Å². The molecule has 0 radical (unpaired) electrons. The molecule has 13 heteroatoms. The average molecular weight is 527 g/mol. The predicted molar refractivity (Wildman–Crippen MR) is 136 cm³/mol. The number of hydrogen-bond donors (Lipinski definition) is 1. The van der Waals surface area contributed by atoms with Gasteiger partial charge in [0.1, 0.15) is 28.8 Å². The normalized spacial score (nSPS) is 15.7. The summed E-state index contributed by atoms with van der Waals surface area (Å²) in [5, 5.41) is 4.50. The molecule has 37 heavy (non-hydrogen) atoms. The van der Waals surface area contributed by atoms with Gasteiger partial charge in [-0.25, -0.2) is 13.8 Å². The lowest BCUT2D eigenvalue weighted by atomic mass is 10.2. The Morgan fingerprint density at radius 1 is 1.11 bits per heavy atom. The van der Waals surface area contributed by atoms with E-state index in [4.69, 9.17) is 10.2 Å². The molecule has 4 aromatic heterocycles. The van der Waals surface area contributed by atoms with E-state index in [1.54, 1.807) is 23.2 Å².